The monoisotopic (exact) mass is 319 g/mol. The van der Waals surface area contributed by atoms with Gasteiger partial charge in [0.05, 0.1) is 10.5 Å². The van der Waals surface area contributed by atoms with Crippen molar-refractivity contribution in [3.8, 4) is 0 Å². The van der Waals surface area contributed by atoms with Gasteiger partial charge in [-0.05, 0) is 48.0 Å². The summed E-state index contributed by atoms with van der Waals surface area (Å²) in [7, 11) is 0. The lowest BCUT2D eigenvalue weighted by molar-refractivity contribution is 0.489. The summed E-state index contributed by atoms with van der Waals surface area (Å²) in [4.78, 5) is 0. The number of para-hydroxylation sites is 1. The van der Waals surface area contributed by atoms with Crippen molar-refractivity contribution in [3.63, 3.8) is 0 Å². The number of furan rings is 2. The number of halogens is 1. The van der Waals surface area contributed by atoms with Crippen molar-refractivity contribution in [2.24, 2.45) is 5.73 Å². The Bertz CT molecular complexity index is 742. The van der Waals surface area contributed by atoms with Crippen molar-refractivity contribution < 1.29 is 8.83 Å². The Morgan fingerprint density at radius 3 is 2.58 bits per heavy atom. The van der Waals surface area contributed by atoms with Gasteiger partial charge in [0, 0.05) is 10.9 Å². The second-order valence-corrected chi connectivity index (χ2v) is 5.51. The van der Waals surface area contributed by atoms with Crippen LogP contribution in [0.3, 0.4) is 0 Å². The van der Waals surface area contributed by atoms with E-state index < -0.39 is 0 Å². The van der Waals surface area contributed by atoms with E-state index in [-0.39, 0.29) is 6.04 Å². The molecule has 0 saturated carbocycles. The molecule has 0 aliphatic heterocycles. The van der Waals surface area contributed by atoms with Crippen molar-refractivity contribution in [3.05, 3.63) is 57.6 Å². The van der Waals surface area contributed by atoms with Gasteiger partial charge in [-0.3, -0.25) is 0 Å². The predicted octanol–water partition coefficient (Wildman–Crippen LogP) is 4.45. The highest BCUT2D eigenvalue weighted by Crippen LogP contribution is 2.32. The molecule has 3 aromatic rings. The molecule has 2 aromatic heterocycles. The van der Waals surface area contributed by atoms with Crippen molar-refractivity contribution in [2.45, 2.75) is 19.9 Å². The lowest BCUT2D eigenvalue weighted by atomic mass is 10.1. The van der Waals surface area contributed by atoms with Crippen LogP contribution in [0.4, 0.5) is 0 Å². The van der Waals surface area contributed by atoms with Gasteiger partial charge in [0.1, 0.15) is 22.9 Å². The van der Waals surface area contributed by atoms with Crippen LogP contribution in [-0.2, 0) is 0 Å². The molecule has 0 bridgehead atoms. The standard InChI is InChI=1S/C15H14BrNO2/c1-8-6-11(9(2)18-8)14(17)13-7-10-4-3-5-12(16)15(10)19-13/h3-7,14H,17H2,1-2H3. The fourth-order valence-corrected chi connectivity index (χ4v) is 2.78. The van der Waals surface area contributed by atoms with Gasteiger partial charge >= 0.3 is 0 Å². The van der Waals surface area contributed by atoms with Crippen LogP contribution in [-0.4, -0.2) is 0 Å². The summed E-state index contributed by atoms with van der Waals surface area (Å²) >= 11 is 3.48. The molecule has 3 rings (SSSR count). The molecule has 1 aromatic carbocycles. The third kappa shape index (κ3) is 2.11. The molecule has 4 heteroatoms. The number of aryl methyl sites for hydroxylation is 2. The minimum absolute atomic E-state index is 0.309. The Balaban J connectivity index is 2.09. The van der Waals surface area contributed by atoms with Crippen LogP contribution in [0.5, 0.6) is 0 Å². The maximum absolute atomic E-state index is 6.28. The highest BCUT2D eigenvalue weighted by molar-refractivity contribution is 9.10. The second-order valence-electron chi connectivity index (χ2n) is 4.65. The van der Waals surface area contributed by atoms with Gasteiger partial charge in [0.25, 0.3) is 0 Å². The molecule has 1 atom stereocenters. The first-order chi connectivity index (χ1) is 9.06. The van der Waals surface area contributed by atoms with Crippen molar-refractivity contribution >= 4 is 26.9 Å². The van der Waals surface area contributed by atoms with E-state index in [1.165, 1.54) is 0 Å². The molecule has 3 nitrogen and oxygen atoms in total. The molecule has 19 heavy (non-hydrogen) atoms. The Kier molecular flexibility index (Phi) is 2.99. The lowest BCUT2D eigenvalue weighted by Crippen LogP contribution is -2.10. The summed E-state index contributed by atoms with van der Waals surface area (Å²) in [6, 6.07) is 9.57. The van der Waals surface area contributed by atoms with Crippen LogP contribution in [0.15, 0.2) is 43.6 Å². The van der Waals surface area contributed by atoms with Crippen molar-refractivity contribution in [2.75, 3.05) is 0 Å². The third-order valence-corrected chi connectivity index (χ3v) is 3.86. The maximum atomic E-state index is 6.28. The van der Waals surface area contributed by atoms with Gasteiger partial charge in [-0.15, -0.1) is 0 Å². The van der Waals surface area contributed by atoms with E-state index in [2.05, 4.69) is 15.9 Å². The molecule has 2 N–H and O–H groups in total. The summed E-state index contributed by atoms with van der Waals surface area (Å²) in [6.45, 7) is 3.83. The number of hydrogen-bond donors (Lipinski definition) is 1. The molecular formula is C15H14BrNO2. The van der Waals surface area contributed by atoms with E-state index in [0.29, 0.717) is 0 Å². The summed E-state index contributed by atoms with van der Waals surface area (Å²) in [6.07, 6.45) is 0. The van der Waals surface area contributed by atoms with E-state index in [4.69, 9.17) is 14.6 Å². The van der Waals surface area contributed by atoms with E-state index in [1.54, 1.807) is 0 Å². The quantitative estimate of drug-likeness (QED) is 0.759. The molecule has 0 saturated heterocycles. The Hall–Kier alpha value is -1.52. The SMILES string of the molecule is Cc1cc(C(N)c2cc3cccc(Br)c3o2)c(C)o1. The number of rotatable bonds is 2. The summed E-state index contributed by atoms with van der Waals surface area (Å²) in [5.41, 5.74) is 8.07. The van der Waals surface area contributed by atoms with Gasteiger partial charge in [-0.2, -0.15) is 0 Å². The normalized spacial score (nSPS) is 13.1. The number of nitrogens with two attached hydrogens (primary N) is 1. The minimum Gasteiger partial charge on any atom is -0.466 e. The smallest absolute Gasteiger partial charge is 0.148 e. The van der Waals surface area contributed by atoms with Crippen molar-refractivity contribution in [1.29, 1.82) is 0 Å². The van der Waals surface area contributed by atoms with E-state index in [0.717, 1.165) is 38.3 Å². The summed E-state index contributed by atoms with van der Waals surface area (Å²) in [5, 5.41) is 1.04. The summed E-state index contributed by atoms with van der Waals surface area (Å²) in [5.74, 6) is 2.44. The molecular weight excluding hydrogens is 306 g/mol. The third-order valence-electron chi connectivity index (χ3n) is 3.24. The van der Waals surface area contributed by atoms with E-state index in [1.807, 2.05) is 44.2 Å². The van der Waals surface area contributed by atoms with Gasteiger partial charge < -0.3 is 14.6 Å². The Labute approximate surface area is 119 Å². The molecule has 2 heterocycles. The van der Waals surface area contributed by atoms with Gasteiger partial charge in [-0.25, -0.2) is 0 Å². The highest BCUT2D eigenvalue weighted by Gasteiger charge is 2.19. The zero-order valence-electron chi connectivity index (χ0n) is 10.7. The molecule has 0 spiro atoms. The second kappa shape index (κ2) is 4.54. The van der Waals surface area contributed by atoms with E-state index >= 15 is 0 Å². The molecule has 0 amide bonds. The zero-order valence-corrected chi connectivity index (χ0v) is 12.3. The number of fused-ring (bicyclic) bond motifs is 1. The summed E-state index contributed by atoms with van der Waals surface area (Å²) < 4.78 is 12.3. The van der Waals surface area contributed by atoms with Crippen LogP contribution >= 0.6 is 15.9 Å². The average Bonchev–Trinajstić information content (AvgIpc) is 2.93. The van der Waals surface area contributed by atoms with Crippen LogP contribution < -0.4 is 5.73 Å². The molecule has 0 radical (unpaired) electrons. The molecule has 98 valence electrons. The Morgan fingerprint density at radius 1 is 1.16 bits per heavy atom. The predicted molar refractivity (Wildman–Crippen MR) is 78.1 cm³/mol. The molecule has 0 aliphatic rings. The average molecular weight is 320 g/mol. The topological polar surface area (TPSA) is 52.3 Å². The zero-order chi connectivity index (χ0) is 13.6. The van der Waals surface area contributed by atoms with Gasteiger partial charge in [0.2, 0.25) is 0 Å². The fraction of sp³-hybridized carbons (Fsp3) is 0.200. The minimum atomic E-state index is -0.309. The largest absolute Gasteiger partial charge is 0.466 e. The molecule has 1 unspecified atom stereocenters. The van der Waals surface area contributed by atoms with Crippen LogP contribution in [0, 0.1) is 13.8 Å². The van der Waals surface area contributed by atoms with Crippen molar-refractivity contribution in [1.82, 2.24) is 0 Å². The first-order valence-corrected chi connectivity index (χ1v) is 6.86. The van der Waals surface area contributed by atoms with Gasteiger partial charge in [0.15, 0.2) is 0 Å². The highest BCUT2D eigenvalue weighted by atomic mass is 79.9. The number of benzene rings is 1. The maximum Gasteiger partial charge on any atom is 0.148 e. The van der Waals surface area contributed by atoms with Crippen LogP contribution in [0.25, 0.3) is 11.0 Å². The number of hydrogen-bond acceptors (Lipinski definition) is 3. The van der Waals surface area contributed by atoms with Crippen LogP contribution in [0.1, 0.15) is 28.9 Å². The van der Waals surface area contributed by atoms with E-state index in [9.17, 15) is 0 Å². The lowest BCUT2D eigenvalue weighted by Gasteiger charge is -2.06. The first kappa shape index (κ1) is 12.5. The Morgan fingerprint density at radius 2 is 1.95 bits per heavy atom. The molecule has 0 aliphatic carbocycles. The first-order valence-electron chi connectivity index (χ1n) is 6.06. The van der Waals surface area contributed by atoms with Crippen LogP contribution in [0.2, 0.25) is 0 Å². The molecule has 0 fully saturated rings. The van der Waals surface area contributed by atoms with Gasteiger partial charge in [-0.1, -0.05) is 12.1 Å². The fourth-order valence-electron chi connectivity index (χ4n) is 2.31.